The van der Waals surface area contributed by atoms with Crippen LogP contribution in [0.1, 0.15) is 26.7 Å². The van der Waals surface area contributed by atoms with E-state index < -0.39 is 5.83 Å². The number of rotatable bonds is 8. The van der Waals surface area contributed by atoms with Crippen molar-refractivity contribution in [2.75, 3.05) is 27.2 Å². The Hall–Kier alpha value is -1.16. The zero-order valence-electron chi connectivity index (χ0n) is 11.9. The summed E-state index contributed by atoms with van der Waals surface area (Å²) in [5.74, 6) is -0.873. The summed E-state index contributed by atoms with van der Waals surface area (Å²) in [6.07, 6.45) is 3.35. The fraction of sp³-hybridized carbons (Fsp3) is 0.643. The summed E-state index contributed by atoms with van der Waals surface area (Å²) in [4.78, 5) is 13.8. The van der Waals surface area contributed by atoms with Crippen LogP contribution in [0.2, 0.25) is 0 Å². The van der Waals surface area contributed by atoms with Gasteiger partial charge in [-0.15, -0.1) is 0 Å². The Kier molecular flexibility index (Phi) is 8.29. The van der Waals surface area contributed by atoms with E-state index in [-0.39, 0.29) is 17.4 Å². The van der Waals surface area contributed by atoms with Crippen LogP contribution in [0, 0.1) is 5.92 Å². The number of hydrogen-bond donors (Lipinski definition) is 1. The minimum atomic E-state index is -0.666. The lowest BCUT2D eigenvalue weighted by Crippen LogP contribution is -2.28. The first-order chi connectivity index (χ1) is 8.38. The molecular formula is C14H25FN2O. The van der Waals surface area contributed by atoms with E-state index in [2.05, 4.69) is 11.9 Å². The van der Waals surface area contributed by atoms with Crippen molar-refractivity contribution in [2.24, 2.45) is 5.92 Å². The topological polar surface area (TPSA) is 32.3 Å². The minimum Gasteiger partial charge on any atom is -0.352 e. The van der Waals surface area contributed by atoms with Crippen LogP contribution < -0.4 is 5.32 Å². The number of carbonyl (C=O) groups is 1. The van der Waals surface area contributed by atoms with E-state index in [4.69, 9.17) is 0 Å². The summed E-state index contributed by atoms with van der Waals surface area (Å²) in [5, 5.41) is 2.71. The quantitative estimate of drug-likeness (QED) is 0.411. The van der Waals surface area contributed by atoms with Gasteiger partial charge in [-0.2, -0.15) is 0 Å². The molecule has 0 aliphatic carbocycles. The molecule has 0 aromatic rings. The number of nitrogens with one attached hydrogen (secondary N) is 1. The summed E-state index contributed by atoms with van der Waals surface area (Å²) >= 11 is 0. The van der Waals surface area contributed by atoms with Crippen LogP contribution >= 0.6 is 0 Å². The molecule has 0 radical (unpaired) electrons. The normalized spacial score (nSPS) is 13.6. The highest BCUT2D eigenvalue weighted by molar-refractivity contribution is 5.96. The van der Waals surface area contributed by atoms with Crippen molar-refractivity contribution in [1.82, 2.24) is 10.2 Å². The first-order valence-corrected chi connectivity index (χ1v) is 6.38. The van der Waals surface area contributed by atoms with Gasteiger partial charge in [0.05, 0.1) is 5.57 Å². The van der Waals surface area contributed by atoms with Crippen molar-refractivity contribution < 1.29 is 9.18 Å². The first-order valence-electron chi connectivity index (χ1n) is 6.38. The Morgan fingerprint density at radius 1 is 1.50 bits per heavy atom. The van der Waals surface area contributed by atoms with Gasteiger partial charge in [-0.05, 0) is 33.0 Å². The second-order valence-electron chi connectivity index (χ2n) is 4.78. The Labute approximate surface area is 110 Å². The van der Waals surface area contributed by atoms with E-state index in [1.807, 2.05) is 32.8 Å². The fourth-order valence-corrected chi connectivity index (χ4v) is 1.38. The van der Waals surface area contributed by atoms with Gasteiger partial charge in [0.2, 0.25) is 0 Å². The second kappa shape index (κ2) is 8.86. The van der Waals surface area contributed by atoms with E-state index in [9.17, 15) is 9.18 Å². The molecular weight excluding hydrogens is 231 g/mol. The van der Waals surface area contributed by atoms with Crippen LogP contribution in [-0.2, 0) is 4.79 Å². The molecule has 1 N–H and O–H groups in total. The van der Waals surface area contributed by atoms with Crippen LogP contribution in [-0.4, -0.2) is 38.0 Å². The van der Waals surface area contributed by atoms with Gasteiger partial charge in [0.25, 0.3) is 5.91 Å². The van der Waals surface area contributed by atoms with Gasteiger partial charge in [-0.1, -0.05) is 32.9 Å². The van der Waals surface area contributed by atoms with Gasteiger partial charge < -0.3 is 10.2 Å². The van der Waals surface area contributed by atoms with Crippen molar-refractivity contribution >= 4 is 5.91 Å². The number of carbonyl (C=O) groups excluding carboxylic acids is 1. The molecule has 1 unspecified atom stereocenters. The molecule has 0 saturated heterocycles. The van der Waals surface area contributed by atoms with E-state index in [0.29, 0.717) is 6.54 Å². The van der Waals surface area contributed by atoms with E-state index in [1.165, 1.54) is 0 Å². The molecule has 0 fully saturated rings. The second-order valence-corrected chi connectivity index (χ2v) is 4.78. The molecule has 0 aromatic carbocycles. The van der Waals surface area contributed by atoms with Gasteiger partial charge in [0, 0.05) is 6.54 Å². The van der Waals surface area contributed by atoms with Crippen LogP contribution in [0.5, 0.6) is 0 Å². The van der Waals surface area contributed by atoms with E-state index in [0.717, 1.165) is 19.4 Å². The van der Waals surface area contributed by atoms with Gasteiger partial charge in [0.1, 0.15) is 5.83 Å². The van der Waals surface area contributed by atoms with E-state index in [1.54, 1.807) is 6.08 Å². The van der Waals surface area contributed by atoms with Crippen LogP contribution in [0.15, 0.2) is 24.1 Å². The maximum Gasteiger partial charge on any atom is 0.253 e. The molecule has 0 aliphatic heterocycles. The maximum atomic E-state index is 13.2. The van der Waals surface area contributed by atoms with Crippen LogP contribution in [0.3, 0.4) is 0 Å². The molecule has 0 bridgehead atoms. The Morgan fingerprint density at radius 3 is 2.56 bits per heavy atom. The molecule has 0 aliphatic rings. The first kappa shape index (κ1) is 16.8. The van der Waals surface area contributed by atoms with E-state index >= 15 is 0 Å². The molecule has 1 atom stereocenters. The monoisotopic (exact) mass is 256 g/mol. The van der Waals surface area contributed by atoms with Gasteiger partial charge in [0.15, 0.2) is 0 Å². The van der Waals surface area contributed by atoms with Crippen molar-refractivity contribution in [2.45, 2.75) is 26.7 Å². The number of allylic oxidation sites excluding steroid dienone is 1. The Balaban J connectivity index is 4.33. The number of hydrogen-bond acceptors (Lipinski definition) is 2. The third-order valence-corrected chi connectivity index (χ3v) is 2.70. The highest BCUT2D eigenvalue weighted by atomic mass is 19.1. The van der Waals surface area contributed by atoms with Crippen LogP contribution in [0.25, 0.3) is 0 Å². The molecule has 0 heterocycles. The predicted octanol–water partition coefficient (Wildman–Crippen LogP) is 2.51. The molecule has 0 rings (SSSR count). The van der Waals surface area contributed by atoms with Crippen molar-refractivity contribution in [3.63, 3.8) is 0 Å². The summed E-state index contributed by atoms with van der Waals surface area (Å²) in [7, 11) is 3.94. The lowest BCUT2D eigenvalue weighted by atomic mass is 10.0. The smallest absolute Gasteiger partial charge is 0.253 e. The average molecular weight is 256 g/mol. The third-order valence-electron chi connectivity index (χ3n) is 2.70. The van der Waals surface area contributed by atoms with Gasteiger partial charge >= 0.3 is 0 Å². The number of halogens is 1. The molecule has 104 valence electrons. The zero-order chi connectivity index (χ0) is 14.1. The molecule has 0 aromatic heterocycles. The van der Waals surface area contributed by atoms with Gasteiger partial charge in [-0.3, -0.25) is 4.79 Å². The lowest BCUT2D eigenvalue weighted by molar-refractivity contribution is -0.117. The number of amides is 1. The summed E-state index contributed by atoms with van der Waals surface area (Å²) in [6.45, 7) is 8.59. The number of nitrogens with zero attached hydrogens (tertiary/aromatic N) is 1. The standard InChI is InChI=1S/C14H25FN2O/c1-6-11(2)10-13(12(3)15)14(18)16-8-7-9-17(4)5/h10-11H,3,6-9H2,1-2,4-5H3,(H,16,18). The summed E-state index contributed by atoms with van der Waals surface area (Å²) < 4.78 is 13.2. The fourth-order valence-electron chi connectivity index (χ4n) is 1.38. The third kappa shape index (κ3) is 7.22. The molecule has 0 saturated carbocycles. The Bertz CT molecular complexity index is 311. The molecule has 3 nitrogen and oxygen atoms in total. The summed E-state index contributed by atoms with van der Waals surface area (Å²) in [5.41, 5.74) is 0.0641. The van der Waals surface area contributed by atoms with Gasteiger partial charge in [-0.25, -0.2) is 4.39 Å². The molecule has 18 heavy (non-hydrogen) atoms. The average Bonchev–Trinajstić information content (AvgIpc) is 2.30. The lowest BCUT2D eigenvalue weighted by Gasteiger charge is -2.11. The minimum absolute atomic E-state index is 0.0641. The highest BCUT2D eigenvalue weighted by Gasteiger charge is 2.13. The molecule has 1 amide bonds. The van der Waals surface area contributed by atoms with Crippen LogP contribution in [0.4, 0.5) is 4.39 Å². The van der Waals surface area contributed by atoms with Crippen molar-refractivity contribution in [1.29, 1.82) is 0 Å². The largest absolute Gasteiger partial charge is 0.352 e. The molecule has 0 spiro atoms. The Morgan fingerprint density at radius 2 is 2.11 bits per heavy atom. The maximum absolute atomic E-state index is 13.2. The SMILES string of the molecule is C=C(F)C(=CC(C)CC)C(=O)NCCCN(C)C. The molecule has 4 heteroatoms. The van der Waals surface area contributed by atoms with Crippen molar-refractivity contribution in [3.8, 4) is 0 Å². The zero-order valence-corrected chi connectivity index (χ0v) is 11.9. The summed E-state index contributed by atoms with van der Waals surface area (Å²) in [6, 6.07) is 0. The predicted molar refractivity (Wildman–Crippen MR) is 74.0 cm³/mol. The van der Waals surface area contributed by atoms with Crippen molar-refractivity contribution in [3.05, 3.63) is 24.1 Å². The highest BCUT2D eigenvalue weighted by Crippen LogP contribution is 2.14.